The fraction of sp³-hybridized carbons (Fsp3) is 0.304. The summed E-state index contributed by atoms with van der Waals surface area (Å²) in [5.74, 6) is 1.37. The third kappa shape index (κ3) is 3.14. The van der Waals surface area contributed by atoms with E-state index in [1.165, 1.54) is 11.4 Å². The molecule has 5 rings (SSSR count). The zero-order chi connectivity index (χ0) is 19.8. The molecule has 6 heteroatoms. The zero-order valence-electron chi connectivity index (χ0n) is 16.4. The lowest BCUT2D eigenvalue weighted by molar-refractivity contribution is -0.114. The summed E-state index contributed by atoms with van der Waals surface area (Å²) in [4.78, 5) is 15.8. The van der Waals surface area contributed by atoms with Crippen LogP contribution in [0.25, 0.3) is 5.70 Å². The van der Waals surface area contributed by atoms with Crippen LogP contribution in [0.3, 0.4) is 0 Å². The molecule has 0 bridgehead atoms. The van der Waals surface area contributed by atoms with Crippen molar-refractivity contribution >= 4 is 23.0 Å². The molecule has 1 amide bonds. The number of amides is 1. The molecule has 2 aromatic rings. The van der Waals surface area contributed by atoms with Crippen LogP contribution in [0, 0.1) is 0 Å². The molecule has 6 nitrogen and oxygen atoms in total. The largest absolute Gasteiger partial charge is 0.454 e. The van der Waals surface area contributed by atoms with E-state index in [0.29, 0.717) is 5.57 Å². The number of carbonyl (C=O) groups excluding carboxylic acids is 1. The van der Waals surface area contributed by atoms with E-state index in [2.05, 4.69) is 10.0 Å². The van der Waals surface area contributed by atoms with Crippen molar-refractivity contribution in [1.82, 2.24) is 4.90 Å². The second-order valence-corrected chi connectivity index (χ2v) is 7.48. The maximum Gasteiger partial charge on any atom is 0.282 e. The summed E-state index contributed by atoms with van der Waals surface area (Å²) in [5, 5.41) is 6.10. The van der Waals surface area contributed by atoms with E-state index in [1.807, 2.05) is 55.5 Å². The second kappa shape index (κ2) is 7.28. The molecule has 0 spiro atoms. The van der Waals surface area contributed by atoms with Crippen LogP contribution in [-0.2, 0) is 4.79 Å². The molecule has 0 aromatic heterocycles. The lowest BCUT2D eigenvalue weighted by Gasteiger charge is -2.32. The smallest absolute Gasteiger partial charge is 0.282 e. The van der Waals surface area contributed by atoms with Crippen LogP contribution in [0.1, 0.15) is 31.7 Å². The summed E-state index contributed by atoms with van der Waals surface area (Å²) in [5.41, 5.74) is 4.07. The van der Waals surface area contributed by atoms with Crippen LogP contribution in [-0.4, -0.2) is 36.4 Å². The molecule has 1 saturated heterocycles. The Kier molecular flexibility index (Phi) is 4.46. The van der Waals surface area contributed by atoms with Gasteiger partial charge in [-0.3, -0.25) is 4.79 Å². The highest BCUT2D eigenvalue weighted by molar-refractivity contribution is 6.33. The van der Waals surface area contributed by atoms with Gasteiger partial charge in [-0.15, -0.1) is 0 Å². The van der Waals surface area contributed by atoms with Crippen LogP contribution in [0.5, 0.6) is 11.5 Å². The van der Waals surface area contributed by atoms with Gasteiger partial charge >= 0.3 is 0 Å². The third-order valence-electron chi connectivity index (χ3n) is 5.57. The Morgan fingerprint density at radius 2 is 1.72 bits per heavy atom. The molecule has 0 radical (unpaired) electrons. The molecular weight excluding hydrogens is 366 g/mol. The van der Waals surface area contributed by atoms with Gasteiger partial charge in [-0.2, -0.15) is 10.1 Å². The van der Waals surface area contributed by atoms with E-state index in [4.69, 9.17) is 9.47 Å². The minimum atomic E-state index is -0.0908. The number of benzene rings is 2. The van der Waals surface area contributed by atoms with Crippen molar-refractivity contribution in [3.05, 3.63) is 59.7 Å². The number of hydrazone groups is 1. The van der Waals surface area contributed by atoms with E-state index in [9.17, 15) is 4.79 Å². The van der Waals surface area contributed by atoms with Crippen LogP contribution in [0.2, 0.25) is 0 Å². The SMILES string of the molecule is CC1=NN(c2ccccc2)C(=O)/C1=C(\c1ccc2c(c1)OCO2)N1CCCCC1. The number of piperidine rings is 1. The van der Waals surface area contributed by atoms with Crippen LogP contribution >= 0.6 is 0 Å². The molecule has 0 N–H and O–H groups in total. The fourth-order valence-electron chi connectivity index (χ4n) is 4.17. The van der Waals surface area contributed by atoms with Crippen molar-refractivity contribution < 1.29 is 14.3 Å². The second-order valence-electron chi connectivity index (χ2n) is 7.48. The summed E-state index contributed by atoms with van der Waals surface area (Å²) in [6, 6.07) is 15.5. The number of para-hydroxylation sites is 1. The number of ether oxygens (including phenoxy) is 2. The molecule has 3 aliphatic heterocycles. The zero-order valence-corrected chi connectivity index (χ0v) is 16.4. The molecule has 0 unspecified atom stereocenters. The monoisotopic (exact) mass is 389 g/mol. The van der Waals surface area contributed by atoms with Crippen molar-refractivity contribution in [3.8, 4) is 11.5 Å². The lowest BCUT2D eigenvalue weighted by atomic mass is 9.98. The first-order valence-electron chi connectivity index (χ1n) is 10.1. The average Bonchev–Trinajstić information content (AvgIpc) is 3.35. The van der Waals surface area contributed by atoms with Gasteiger partial charge in [0.2, 0.25) is 6.79 Å². The third-order valence-corrected chi connectivity index (χ3v) is 5.57. The van der Waals surface area contributed by atoms with Gasteiger partial charge in [-0.1, -0.05) is 18.2 Å². The van der Waals surface area contributed by atoms with Crippen LogP contribution < -0.4 is 14.5 Å². The lowest BCUT2D eigenvalue weighted by Crippen LogP contribution is -2.32. The highest BCUT2D eigenvalue weighted by Crippen LogP contribution is 2.38. The number of nitrogens with zero attached hydrogens (tertiary/aromatic N) is 3. The van der Waals surface area contributed by atoms with Crippen molar-refractivity contribution in [3.63, 3.8) is 0 Å². The number of likely N-dealkylation sites (tertiary alicyclic amines) is 1. The van der Waals surface area contributed by atoms with E-state index in [-0.39, 0.29) is 12.7 Å². The number of rotatable bonds is 3. The molecule has 3 aliphatic rings. The first-order valence-corrected chi connectivity index (χ1v) is 10.1. The van der Waals surface area contributed by atoms with E-state index < -0.39 is 0 Å². The predicted octanol–water partition coefficient (Wildman–Crippen LogP) is 4.04. The first-order chi connectivity index (χ1) is 14.2. The maximum atomic E-state index is 13.5. The van der Waals surface area contributed by atoms with E-state index >= 15 is 0 Å². The topological polar surface area (TPSA) is 54.4 Å². The minimum absolute atomic E-state index is 0.0908. The number of hydrogen-bond donors (Lipinski definition) is 0. The molecule has 1 fully saturated rings. The van der Waals surface area contributed by atoms with Gasteiger partial charge in [0, 0.05) is 18.7 Å². The van der Waals surface area contributed by atoms with E-state index in [0.717, 1.165) is 60.1 Å². The Hall–Kier alpha value is -3.28. The normalized spacial score (nSPS) is 20.2. The van der Waals surface area contributed by atoms with Gasteiger partial charge < -0.3 is 14.4 Å². The summed E-state index contributed by atoms with van der Waals surface area (Å²) in [6.45, 7) is 4.00. The minimum Gasteiger partial charge on any atom is -0.454 e. The maximum absolute atomic E-state index is 13.5. The number of anilines is 1. The average molecular weight is 389 g/mol. The molecule has 29 heavy (non-hydrogen) atoms. The van der Waals surface area contributed by atoms with Crippen molar-refractivity contribution in [1.29, 1.82) is 0 Å². The predicted molar refractivity (Wildman–Crippen MR) is 112 cm³/mol. The summed E-state index contributed by atoms with van der Waals surface area (Å²) >= 11 is 0. The Bertz CT molecular complexity index is 1010. The Morgan fingerprint density at radius 3 is 2.52 bits per heavy atom. The van der Waals surface area contributed by atoms with Gasteiger partial charge in [0.1, 0.15) is 0 Å². The first kappa shape index (κ1) is 17.8. The van der Waals surface area contributed by atoms with Crippen LogP contribution in [0.4, 0.5) is 5.69 Å². The number of carbonyl (C=O) groups is 1. The van der Waals surface area contributed by atoms with Gasteiger partial charge in [0.25, 0.3) is 5.91 Å². The highest BCUT2D eigenvalue weighted by Gasteiger charge is 2.34. The van der Waals surface area contributed by atoms with Crippen LogP contribution in [0.15, 0.2) is 59.2 Å². The summed E-state index contributed by atoms with van der Waals surface area (Å²) in [7, 11) is 0. The standard InChI is InChI=1S/C23H23N3O3/c1-16-21(23(27)26(24-16)18-8-4-2-5-9-18)22(25-12-6-3-7-13-25)17-10-11-19-20(14-17)29-15-28-19/h2,4-5,8-11,14H,3,6-7,12-13,15H2,1H3/b22-21+. The highest BCUT2D eigenvalue weighted by atomic mass is 16.7. The summed E-state index contributed by atoms with van der Waals surface area (Å²) < 4.78 is 11.1. The van der Waals surface area contributed by atoms with Gasteiger partial charge in [0.05, 0.1) is 22.7 Å². The Morgan fingerprint density at radius 1 is 0.966 bits per heavy atom. The molecule has 3 heterocycles. The van der Waals surface area contributed by atoms with Crippen molar-refractivity contribution in [2.24, 2.45) is 5.10 Å². The van der Waals surface area contributed by atoms with E-state index in [1.54, 1.807) is 0 Å². The molecule has 0 saturated carbocycles. The molecule has 0 aliphatic carbocycles. The number of hydrogen-bond acceptors (Lipinski definition) is 5. The molecule has 148 valence electrons. The Labute approximate surface area is 170 Å². The van der Waals surface area contributed by atoms with Crippen molar-refractivity contribution in [2.45, 2.75) is 26.2 Å². The quantitative estimate of drug-likeness (QED) is 0.744. The number of fused-ring (bicyclic) bond motifs is 1. The fourth-order valence-corrected chi connectivity index (χ4v) is 4.17. The summed E-state index contributed by atoms with van der Waals surface area (Å²) in [6.07, 6.45) is 3.46. The molecular formula is C23H23N3O3. The molecule has 2 aromatic carbocycles. The molecule has 0 atom stereocenters. The van der Waals surface area contributed by atoms with Gasteiger partial charge in [0.15, 0.2) is 11.5 Å². The van der Waals surface area contributed by atoms with Gasteiger partial charge in [-0.25, -0.2) is 0 Å². The van der Waals surface area contributed by atoms with Crippen molar-refractivity contribution in [2.75, 3.05) is 24.9 Å². The Balaban J connectivity index is 1.63. The van der Waals surface area contributed by atoms with Gasteiger partial charge in [-0.05, 0) is 56.5 Å².